The van der Waals surface area contributed by atoms with Gasteiger partial charge in [-0.05, 0) is 13.0 Å². The Kier molecular flexibility index (Phi) is 5.75. The number of anilines is 1. The number of aromatic nitrogens is 2. The second-order valence-electron chi connectivity index (χ2n) is 6.19. The zero-order chi connectivity index (χ0) is 21.1. The molecule has 0 spiro atoms. The van der Waals surface area contributed by atoms with Crippen molar-refractivity contribution in [3.05, 3.63) is 47.1 Å². The van der Waals surface area contributed by atoms with Crippen molar-refractivity contribution in [2.75, 3.05) is 12.1 Å². The summed E-state index contributed by atoms with van der Waals surface area (Å²) in [6.07, 6.45) is -1.66. The van der Waals surface area contributed by atoms with Gasteiger partial charge in [0, 0.05) is 23.9 Å². The molecule has 0 aliphatic carbocycles. The predicted molar refractivity (Wildman–Crippen MR) is 92.5 cm³/mol. The number of nitrogens with zero attached hydrogens (tertiary/aromatic N) is 2. The van der Waals surface area contributed by atoms with Gasteiger partial charge in [0.25, 0.3) is 0 Å². The van der Waals surface area contributed by atoms with Crippen LogP contribution in [-0.4, -0.2) is 57.6 Å². The molecule has 1 aromatic rings. The van der Waals surface area contributed by atoms with Crippen molar-refractivity contribution in [1.29, 1.82) is 0 Å². The fourth-order valence-corrected chi connectivity index (χ4v) is 2.77. The lowest BCUT2D eigenvalue weighted by atomic mass is 10.1. The Balaban J connectivity index is 1.94. The minimum absolute atomic E-state index is 0.114. The molecule has 0 saturated carbocycles. The van der Waals surface area contributed by atoms with Crippen molar-refractivity contribution in [3.8, 4) is 0 Å². The number of carbonyl (C=O) groups is 3. The predicted octanol–water partition coefficient (Wildman–Crippen LogP) is -0.545. The Morgan fingerprint density at radius 3 is 2.52 bits per heavy atom. The SMILES string of the molecule is C=C(C)C(=O)OC[C@H]1O[C@@H](n2ccc(NO)nc2=O)[C@H]2OC(=O)/C=C\C(=O)OC12. The fraction of sp³-hybridized carbons (Fsp3) is 0.353. The quantitative estimate of drug-likeness (QED) is 0.280. The van der Waals surface area contributed by atoms with E-state index in [0.29, 0.717) is 0 Å². The molecule has 2 aliphatic rings. The molecular weight excluding hydrogens is 390 g/mol. The van der Waals surface area contributed by atoms with Crippen molar-refractivity contribution >= 4 is 23.7 Å². The molecule has 1 unspecified atom stereocenters. The Hall–Kier alpha value is -3.51. The van der Waals surface area contributed by atoms with E-state index in [2.05, 4.69) is 11.6 Å². The molecule has 1 fully saturated rings. The van der Waals surface area contributed by atoms with Crippen molar-refractivity contribution in [3.63, 3.8) is 0 Å². The lowest BCUT2D eigenvalue weighted by molar-refractivity contribution is -0.165. The van der Waals surface area contributed by atoms with Gasteiger partial charge < -0.3 is 18.9 Å². The third kappa shape index (κ3) is 4.33. The number of ether oxygens (including phenoxy) is 4. The first-order valence-corrected chi connectivity index (χ1v) is 8.37. The molecule has 0 aromatic carbocycles. The molecule has 2 aliphatic heterocycles. The lowest BCUT2D eigenvalue weighted by Gasteiger charge is -2.25. The number of nitrogens with one attached hydrogen (secondary N) is 1. The molecule has 4 atom stereocenters. The molecule has 0 amide bonds. The number of hydrogen-bond acceptors (Lipinski definition) is 11. The van der Waals surface area contributed by atoms with Crippen LogP contribution < -0.4 is 11.2 Å². The molecule has 1 aromatic heterocycles. The maximum Gasteiger partial charge on any atom is 0.351 e. The van der Waals surface area contributed by atoms with Gasteiger partial charge in [-0.3, -0.25) is 15.3 Å². The van der Waals surface area contributed by atoms with Crippen LogP contribution in [0.4, 0.5) is 5.82 Å². The number of esters is 3. The zero-order valence-corrected chi connectivity index (χ0v) is 15.1. The highest BCUT2D eigenvalue weighted by Crippen LogP contribution is 2.34. The van der Waals surface area contributed by atoms with Crippen LogP contribution in [-0.2, 0) is 33.3 Å². The second kappa shape index (κ2) is 8.24. The van der Waals surface area contributed by atoms with Crippen molar-refractivity contribution in [1.82, 2.24) is 9.55 Å². The van der Waals surface area contributed by atoms with Gasteiger partial charge in [0.1, 0.15) is 12.7 Å². The fourth-order valence-electron chi connectivity index (χ4n) is 2.77. The third-order valence-electron chi connectivity index (χ3n) is 4.09. The molecular formula is C17H17N3O9. The van der Waals surface area contributed by atoms with E-state index in [0.717, 1.165) is 16.7 Å². The summed E-state index contributed by atoms with van der Waals surface area (Å²) in [7, 11) is 0. The Labute approximate surface area is 163 Å². The van der Waals surface area contributed by atoms with Gasteiger partial charge >= 0.3 is 23.6 Å². The number of hydrogen-bond donors (Lipinski definition) is 2. The van der Waals surface area contributed by atoms with Gasteiger partial charge in [-0.25, -0.2) is 19.2 Å². The van der Waals surface area contributed by atoms with Crippen LogP contribution in [0.5, 0.6) is 0 Å². The summed E-state index contributed by atoms with van der Waals surface area (Å²) in [5.41, 5.74) is 1.04. The zero-order valence-electron chi connectivity index (χ0n) is 15.1. The van der Waals surface area contributed by atoms with E-state index in [4.69, 9.17) is 24.2 Å². The maximum absolute atomic E-state index is 12.3. The first-order chi connectivity index (χ1) is 13.8. The maximum atomic E-state index is 12.3. The van der Waals surface area contributed by atoms with E-state index < -0.39 is 48.1 Å². The Morgan fingerprint density at radius 1 is 1.28 bits per heavy atom. The first kappa shape index (κ1) is 20.2. The number of carbonyl (C=O) groups excluding carboxylic acids is 3. The Bertz CT molecular complexity index is 938. The van der Waals surface area contributed by atoms with Crippen LogP contribution in [0.3, 0.4) is 0 Å². The van der Waals surface area contributed by atoms with Crippen molar-refractivity contribution in [2.45, 2.75) is 31.5 Å². The van der Waals surface area contributed by atoms with Crippen LogP contribution in [0.2, 0.25) is 0 Å². The summed E-state index contributed by atoms with van der Waals surface area (Å²) >= 11 is 0. The van der Waals surface area contributed by atoms with Crippen LogP contribution in [0.25, 0.3) is 0 Å². The van der Waals surface area contributed by atoms with Crippen LogP contribution in [0.1, 0.15) is 13.2 Å². The summed E-state index contributed by atoms with van der Waals surface area (Å²) in [6, 6.07) is 1.27. The Morgan fingerprint density at radius 2 is 1.93 bits per heavy atom. The topological polar surface area (TPSA) is 155 Å². The van der Waals surface area contributed by atoms with Gasteiger partial charge in [0.15, 0.2) is 24.3 Å². The van der Waals surface area contributed by atoms with Crippen LogP contribution >= 0.6 is 0 Å². The number of rotatable bonds is 5. The second-order valence-corrected chi connectivity index (χ2v) is 6.19. The third-order valence-corrected chi connectivity index (χ3v) is 4.09. The van der Waals surface area contributed by atoms with Crippen molar-refractivity contribution in [2.24, 2.45) is 0 Å². The van der Waals surface area contributed by atoms with Gasteiger partial charge in [-0.2, -0.15) is 4.98 Å². The van der Waals surface area contributed by atoms with E-state index >= 15 is 0 Å². The molecule has 2 N–H and O–H groups in total. The smallest absolute Gasteiger partial charge is 0.351 e. The summed E-state index contributed by atoms with van der Waals surface area (Å²) in [5, 5.41) is 8.86. The van der Waals surface area contributed by atoms with E-state index in [1.54, 1.807) is 5.48 Å². The minimum Gasteiger partial charge on any atom is -0.459 e. The highest BCUT2D eigenvalue weighted by Gasteiger charge is 2.51. The molecule has 29 heavy (non-hydrogen) atoms. The monoisotopic (exact) mass is 407 g/mol. The molecule has 3 rings (SSSR count). The summed E-state index contributed by atoms with van der Waals surface area (Å²) in [6.45, 7) is 4.56. The van der Waals surface area contributed by atoms with Crippen LogP contribution in [0.15, 0.2) is 41.4 Å². The summed E-state index contributed by atoms with van der Waals surface area (Å²) in [4.78, 5) is 51.4. The lowest BCUT2D eigenvalue weighted by Crippen LogP contribution is -2.43. The van der Waals surface area contributed by atoms with E-state index in [-0.39, 0.29) is 18.0 Å². The highest BCUT2D eigenvalue weighted by atomic mass is 16.7. The molecule has 12 nitrogen and oxygen atoms in total. The molecule has 154 valence electrons. The van der Waals surface area contributed by atoms with Gasteiger partial charge in [-0.15, -0.1) is 0 Å². The first-order valence-electron chi connectivity index (χ1n) is 8.37. The van der Waals surface area contributed by atoms with Gasteiger partial charge in [-0.1, -0.05) is 6.58 Å². The summed E-state index contributed by atoms with van der Waals surface area (Å²) in [5.74, 6) is -2.49. The standard InChI is InChI=1S/C17H17N3O9/c1-8(2)16(23)26-7-9-13-14(29-12(22)4-3-11(21)28-13)15(27-9)20-6-5-10(19-25)18-17(20)24/h3-6,9,13-15,25H,1,7H2,2H3,(H,18,19,24)/b4-3-/t9-,13?,14+,15-/m1/s1. The summed E-state index contributed by atoms with van der Waals surface area (Å²) < 4.78 is 22.4. The minimum atomic E-state index is -1.23. The van der Waals surface area contributed by atoms with E-state index in [9.17, 15) is 19.2 Å². The van der Waals surface area contributed by atoms with Crippen LogP contribution in [0, 0.1) is 0 Å². The average Bonchev–Trinajstić information content (AvgIpc) is 2.99. The molecule has 0 radical (unpaired) electrons. The van der Waals surface area contributed by atoms with E-state index in [1.807, 2.05) is 0 Å². The van der Waals surface area contributed by atoms with Gasteiger partial charge in [0.2, 0.25) is 0 Å². The largest absolute Gasteiger partial charge is 0.459 e. The number of fused-ring (bicyclic) bond motifs is 1. The van der Waals surface area contributed by atoms with E-state index in [1.165, 1.54) is 19.2 Å². The average molecular weight is 407 g/mol. The van der Waals surface area contributed by atoms with Crippen molar-refractivity contribution < 1.29 is 38.5 Å². The van der Waals surface area contributed by atoms with Gasteiger partial charge in [0.05, 0.1) is 0 Å². The molecule has 1 saturated heterocycles. The molecule has 3 heterocycles. The molecule has 0 bridgehead atoms. The highest BCUT2D eigenvalue weighted by molar-refractivity contribution is 5.92. The normalized spacial score (nSPS) is 27.0. The molecule has 12 heteroatoms.